The van der Waals surface area contributed by atoms with Crippen LogP contribution in [-0.4, -0.2) is 45.8 Å². The number of hydrogen-bond donors (Lipinski definition) is 1. The van der Waals surface area contributed by atoms with Crippen LogP contribution >= 0.6 is 12.2 Å². The molecule has 0 unspecified atom stereocenters. The van der Waals surface area contributed by atoms with Crippen molar-refractivity contribution in [2.24, 2.45) is 18.2 Å². The Kier molecular flexibility index (Phi) is 4.39. The molecule has 1 amide bonds. The highest BCUT2D eigenvalue weighted by Gasteiger charge is 2.44. The van der Waals surface area contributed by atoms with E-state index in [-0.39, 0.29) is 10.9 Å². The van der Waals surface area contributed by atoms with E-state index in [2.05, 4.69) is 5.10 Å². The van der Waals surface area contributed by atoms with Gasteiger partial charge >= 0.3 is 0 Å². The van der Waals surface area contributed by atoms with Crippen LogP contribution in [-0.2, 0) is 23.1 Å². The van der Waals surface area contributed by atoms with Crippen molar-refractivity contribution in [3.8, 4) is 0 Å². The number of hydrogen-bond acceptors (Lipinski definition) is 4. The van der Waals surface area contributed by atoms with Gasteiger partial charge in [-0.1, -0.05) is 12.2 Å². The molecule has 1 saturated heterocycles. The molecule has 0 spiro atoms. The predicted octanol–water partition coefficient (Wildman–Crippen LogP) is 0.461. The average molecular weight is 296 g/mol. The van der Waals surface area contributed by atoms with Crippen LogP contribution in [0.2, 0.25) is 0 Å². The maximum atomic E-state index is 12.7. The Morgan fingerprint density at radius 2 is 2.25 bits per heavy atom. The van der Waals surface area contributed by atoms with E-state index in [9.17, 15) is 4.79 Å². The molecule has 1 aliphatic rings. The molecule has 7 heteroatoms. The van der Waals surface area contributed by atoms with E-state index >= 15 is 0 Å². The smallest absolute Gasteiger partial charge is 0.235 e. The van der Waals surface area contributed by atoms with Crippen molar-refractivity contribution in [3.05, 3.63) is 18.0 Å². The van der Waals surface area contributed by atoms with Gasteiger partial charge in [0.15, 0.2) is 0 Å². The van der Waals surface area contributed by atoms with Crippen molar-refractivity contribution in [3.63, 3.8) is 0 Å². The summed E-state index contributed by atoms with van der Waals surface area (Å²) in [6, 6.07) is 0. The first-order chi connectivity index (χ1) is 9.45. The molecular weight excluding hydrogens is 276 g/mol. The van der Waals surface area contributed by atoms with Gasteiger partial charge in [-0.25, -0.2) is 0 Å². The minimum atomic E-state index is -0.759. The van der Waals surface area contributed by atoms with Gasteiger partial charge in [0.1, 0.15) is 5.41 Å². The molecule has 110 valence electrons. The van der Waals surface area contributed by atoms with Gasteiger partial charge in [0.25, 0.3) is 0 Å². The van der Waals surface area contributed by atoms with E-state index in [0.29, 0.717) is 32.6 Å². The molecule has 0 bridgehead atoms. The summed E-state index contributed by atoms with van der Waals surface area (Å²) in [6.07, 6.45) is 4.75. The predicted molar refractivity (Wildman–Crippen MR) is 79.0 cm³/mol. The van der Waals surface area contributed by atoms with Crippen molar-refractivity contribution >= 4 is 23.1 Å². The second kappa shape index (κ2) is 5.88. The van der Waals surface area contributed by atoms with Gasteiger partial charge < -0.3 is 15.4 Å². The molecule has 0 radical (unpaired) electrons. The van der Waals surface area contributed by atoms with Crippen LogP contribution in [0.3, 0.4) is 0 Å². The second-order valence-electron chi connectivity index (χ2n) is 5.24. The van der Waals surface area contributed by atoms with Crippen molar-refractivity contribution in [1.82, 2.24) is 14.7 Å². The highest BCUT2D eigenvalue weighted by molar-refractivity contribution is 7.80. The van der Waals surface area contributed by atoms with Crippen LogP contribution in [0.1, 0.15) is 18.4 Å². The van der Waals surface area contributed by atoms with E-state index in [1.165, 1.54) is 0 Å². The summed E-state index contributed by atoms with van der Waals surface area (Å²) in [5.41, 5.74) is 6.07. The molecule has 1 aromatic heterocycles. The van der Waals surface area contributed by atoms with Crippen molar-refractivity contribution in [2.45, 2.75) is 19.4 Å². The lowest BCUT2D eigenvalue weighted by molar-refractivity contribution is -0.141. The van der Waals surface area contributed by atoms with Gasteiger partial charge in [-0.2, -0.15) is 5.10 Å². The van der Waals surface area contributed by atoms with Gasteiger partial charge in [-0.15, -0.1) is 0 Å². The van der Waals surface area contributed by atoms with Crippen molar-refractivity contribution < 1.29 is 9.53 Å². The molecule has 2 N–H and O–H groups in total. The SMILES string of the molecule is CN(Cc1cnn(C)c1)C(=O)C1(C(N)=S)CCOCC1. The maximum Gasteiger partial charge on any atom is 0.235 e. The molecule has 20 heavy (non-hydrogen) atoms. The lowest BCUT2D eigenvalue weighted by atomic mass is 9.78. The molecule has 2 heterocycles. The Morgan fingerprint density at radius 1 is 1.60 bits per heavy atom. The van der Waals surface area contributed by atoms with Gasteiger partial charge in [-0.05, 0) is 12.8 Å². The third-order valence-corrected chi connectivity index (χ3v) is 4.14. The number of thiocarbonyl (C=S) groups is 1. The van der Waals surface area contributed by atoms with Gasteiger partial charge in [-0.3, -0.25) is 9.48 Å². The Labute approximate surface area is 123 Å². The molecule has 6 nitrogen and oxygen atoms in total. The monoisotopic (exact) mass is 296 g/mol. The molecule has 1 aliphatic heterocycles. The number of ether oxygens (including phenoxy) is 1. The summed E-state index contributed by atoms with van der Waals surface area (Å²) in [4.78, 5) is 14.7. The van der Waals surface area contributed by atoms with Crippen LogP contribution in [0.4, 0.5) is 0 Å². The van der Waals surface area contributed by atoms with Crippen LogP contribution in [0.5, 0.6) is 0 Å². The fourth-order valence-electron chi connectivity index (χ4n) is 2.55. The number of nitrogens with zero attached hydrogens (tertiary/aromatic N) is 3. The molecule has 2 rings (SSSR count). The summed E-state index contributed by atoms with van der Waals surface area (Å²) in [5, 5.41) is 4.10. The van der Waals surface area contributed by atoms with Gasteiger partial charge in [0, 0.05) is 45.6 Å². The zero-order chi connectivity index (χ0) is 14.8. The summed E-state index contributed by atoms with van der Waals surface area (Å²) in [5.74, 6) is -0.0304. The molecule has 1 aromatic rings. The zero-order valence-corrected chi connectivity index (χ0v) is 12.7. The van der Waals surface area contributed by atoms with E-state index in [0.717, 1.165) is 5.56 Å². The zero-order valence-electron chi connectivity index (χ0n) is 11.8. The highest BCUT2D eigenvalue weighted by Crippen LogP contribution is 2.33. The Balaban J connectivity index is 2.12. The molecular formula is C13H20N4O2S. The van der Waals surface area contributed by atoms with Gasteiger partial charge in [0.2, 0.25) is 5.91 Å². The number of rotatable bonds is 4. The summed E-state index contributed by atoms with van der Waals surface area (Å²) < 4.78 is 7.04. The maximum absolute atomic E-state index is 12.7. The molecule has 0 aliphatic carbocycles. The molecule has 0 aromatic carbocycles. The number of amides is 1. The molecule has 0 saturated carbocycles. The topological polar surface area (TPSA) is 73.4 Å². The first kappa shape index (κ1) is 14.9. The fourth-order valence-corrected chi connectivity index (χ4v) is 2.84. The van der Waals surface area contributed by atoms with E-state index < -0.39 is 5.41 Å². The van der Waals surface area contributed by atoms with Crippen LogP contribution < -0.4 is 5.73 Å². The first-order valence-electron chi connectivity index (χ1n) is 6.56. The fraction of sp³-hybridized carbons (Fsp3) is 0.615. The van der Waals surface area contributed by atoms with Crippen LogP contribution in [0.25, 0.3) is 0 Å². The Bertz CT molecular complexity index is 508. The Hall–Kier alpha value is -1.47. The number of aryl methyl sites for hydroxylation is 1. The third-order valence-electron chi connectivity index (χ3n) is 3.75. The van der Waals surface area contributed by atoms with Crippen LogP contribution in [0, 0.1) is 5.41 Å². The standard InChI is InChI=1S/C13H20N4O2S/c1-16(8-10-7-15-17(2)9-10)12(18)13(11(14)20)3-5-19-6-4-13/h7,9H,3-6,8H2,1-2H3,(H2,14,20). The quantitative estimate of drug-likeness (QED) is 0.817. The van der Waals surface area contributed by atoms with E-state index in [1.807, 2.05) is 13.2 Å². The summed E-state index contributed by atoms with van der Waals surface area (Å²) >= 11 is 5.15. The first-order valence-corrected chi connectivity index (χ1v) is 6.97. The molecule has 0 atom stereocenters. The summed E-state index contributed by atoms with van der Waals surface area (Å²) in [7, 11) is 3.62. The minimum Gasteiger partial charge on any atom is -0.392 e. The largest absolute Gasteiger partial charge is 0.392 e. The normalized spacial score (nSPS) is 17.7. The number of aromatic nitrogens is 2. The lowest BCUT2D eigenvalue weighted by Crippen LogP contribution is -2.52. The van der Waals surface area contributed by atoms with E-state index in [4.69, 9.17) is 22.7 Å². The van der Waals surface area contributed by atoms with Gasteiger partial charge in [0.05, 0.1) is 11.2 Å². The average Bonchev–Trinajstić information content (AvgIpc) is 2.83. The molecule has 1 fully saturated rings. The third kappa shape index (κ3) is 2.83. The lowest BCUT2D eigenvalue weighted by Gasteiger charge is -2.37. The Morgan fingerprint density at radius 3 is 2.75 bits per heavy atom. The minimum absolute atomic E-state index is 0.0304. The summed E-state index contributed by atoms with van der Waals surface area (Å²) in [6.45, 7) is 1.53. The number of carbonyl (C=O) groups excluding carboxylic acids is 1. The number of carbonyl (C=O) groups is 1. The second-order valence-corrected chi connectivity index (χ2v) is 5.68. The van der Waals surface area contributed by atoms with Crippen LogP contribution in [0.15, 0.2) is 12.4 Å². The highest BCUT2D eigenvalue weighted by atomic mass is 32.1. The number of nitrogens with two attached hydrogens (primary N) is 1. The van der Waals surface area contributed by atoms with E-state index in [1.54, 1.807) is 22.8 Å². The van der Waals surface area contributed by atoms with Crippen molar-refractivity contribution in [2.75, 3.05) is 20.3 Å². The van der Waals surface area contributed by atoms with Crippen molar-refractivity contribution in [1.29, 1.82) is 0 Å².